The van der Waals surface area contributed by atoms with Gasteiger partial charge < -0.3 is 9.80 Å². The van der Waals surface area contributed by atoms with Gasteiger partial charge in [0, 0.05) is 37.9 Å². The topological polar surface area (TPSA) is 87.0 Å². The highest BCUT2D eigenvalue weighted by molar-refractivity contribution is 6.22. The maximum Gasteiger partial charge on any atom is 0.294 e. The number of anilines is 3. The Morgan fingerprint density at radius 3 is 2.00 bits per heavy atom. The van der Waals surface area contributed by atoms with E-state index in [2.05, 4.69) is 36.9 Å². The molecule has 2 heterocycles. The lowest BCUT2D eigenvalue weighted by molar-refractivity contribution is -0.384. The zero-order valence-corrected chi connectivity index (χ0v) is 19.4. The molecule has 34 heavy (non-hydrogen) atoms. The number of carbonyl (C=O) groups is 2. The van der Waals surface area contributed by atoms with Crippen LogP contribution in [0, 0.1) is 35.8 Å². The number of allylic oxidation sites excluding steroid dienone is 2. The Bertz CT molecular complexity index is 1170. The van der Waals surface area contributed by atoms with Gasteiger partial charge in [-0.15, -0.1) is 0 Å². The SMILES string of the molecule is Cc1ccc(C)c(N2CCN(c3ccc(N4C(=O)[C@@H]5CC=CC[C@H]5C4=O)cc3[N+](=O)[O-])CC2)c1. The van der Waals surface area contributed by atoms with Crippen molar-refractivity contribution in [3.8, 4) is 0 Å². The number of piperazine rings is 1. The molecule has 8 heteroatoms. The quantitative estimate of drug-likeness (QED) is 0.297. The normalized spacial score (nSPS) is 22.4. The molecule has 0 bridgehead atoms. The number of nitro groups is 1. The van der Waals surface area contributed by atoms with Gasteiger partial charge in [-0.25, -0.2) is 4.90 Å². The lowest BCUT2D eigenvalue weighted by atomic mass is 9.85. The van der Waals surface area contributed by atoms with E-state index in [1.807, 2.05) is 17.1 Å². The van der Waals surface area contributed by atoms with Gasteiger partial charge in [0.1, 0.15) is 5.69 Å². The first-order chi connectivity index (χ1) is 16.3. The zero-order chi connectivity index (χ0) is 24.0. The third kappa shape index (κ3) is 3.73. The standard InChI is InChI=1S/C26H28N4O4/c1-17-7-8-18(2)23(15-17)28-13-11-27(12-14-28)22-10-9-19(16-24(22)30(33)34)29-25(31)20-5-3-4-6-21(20)26(29)32/h3-4,7-10,15-16,20-21H,5-6,11-14H2,1-2H3/t20-,21-/m1/s1. The van der Waals surface area contributed by atoms with Crippen LogP contribution in [0.5, 0.6) is 0 Å². The van der Waals surface area contributed by atoms with E-state index in [1.54, 1.807) is 12.1 Å². The number of fused-ring (bicyclic) bond motifs is 1. The van der Waals surface area contributed by atoms with E-state index in [4.69, 9.17) is 0 Å². The number of hydrogen-bond acceptors (Lipinski definition) is 6. The molecule has 2 atom stereocenters. The van der Waals surface area contributed by atoms with Crippen LogP contribution in [-0.2, 0) is 9.59 Å². The molecule has 8 nitrogen and oxygen atoms in total. The summed E-state index contributed by atoms with van der Waals surface area (Å²) in [5.74, 6) is -1.25. The van der Waals surface area contributed by atoms with E-state index in [0.717, 1.165) is 18.0 Å². The first kappa shape index (κ1) is 22.1. The number of imide groups is 1. The van der Waals surface area contributed by atoms with E-state index >= 15 is 0 Å². The summed E-state index contributed by atoms with van der Waals surface area (Å²) in [6.45, 7) is 6.96. The van der Waals surface area contributed by atoms with Crippen molar-refractivity contribution in [3.05, 3.63) is 69.8 Å². The summed E-state index contributed by atoms with van der Waals surface area (Å²) in [6.07, 6.45) is 4.94. The van der Waals surface area contributed by atoms with Crippen LogP contribution in [0.2, 0.25) is 0 Å². The molecule has 2 fully saturated rings. The van der Waals surface area contributed by atoms with Crippen molar-refractivity contribution in [2.75, 3.05) is 40.9 Å². The van der Waals surface area contributed by atoms with Crippen LogP contribution >= 0.6 is 0 Å². The Labute approximate surface area is 198 Å². The number of nitrogens with zero attached hydrogens (tertiary/aromatic N) is 4. The van der Waals surface area contributed by atoms with Crippen LogP contribution in [-0.4, -0.2) is 42.9 Å². The lowest BCUT2D eigenvalue weighted by Gasteiger charge is -2.38. The van der Waals surface area contributed by atoms with Gasteiger partial charge in [-0.05, 0) is 56.0 Å². The van der Waals surface area contributed by atoms with E-state index in [1.165, 1.54) is 22.9 Å². The molecule has 2 saturated heterocycles. The Morgan fingerprint density at radius 1 is 0.824 bits per heavy atom. The fourth-order valence-electron chi connectivity index (χ4n) is 5.37. The average Bonchev–Trinajstić information content (AvgIpc) is 3.10. The van der Waals surface area contributed by atoms with Crippen molar-refractivity contribution in [2.45, 2.75) is 26.7 Å². The van der Waals surface area contributed by atoms with E-state index in [-0.39, 0.29) is 35.0 Å². The number of hydrogen-bond donors (Lipinski definition) is 0. The number of nitro benzene ring substituents is 1. The summed E-state index contributed by atoms with van der Waals surface area (Å²) >= 11 is 0. The molecule has 1 aliphatic carbocycles. The van der Waals surface area contributed by atoms with Crippen molar-refractivity contribution in [3.63, 3.8) is 0 Å². The van der Waals surface area contributed by atoms with E-state index < -0.39 is 4.92 Å². The minimum atomic E-state index is -0.421. The van der Waals surface area contributed by atoms with Crippen molar-refractivity contribution in [1.29, 1.82) is 0 Å². The van der Waals surface area contributed by atoms with Crippen LogP contribution in [0.25, 0.3) is 0 Å². The zero-order valence-electron chi connectivity index (χ0n) is 19.4. The highest BCUT2D eigenvalue weighted by Gasteiger charge is 2.48. The molecule has 2 aromatic rings. The number of amides is 2. The highest BCUT2D eigenvalue weighted by atomic mass is 16.6. The number of carbonyl (C=O) groups excluding carboxylic acids is 2. The molecule has 0 N–H and O–H groups in total. The number of aryl methyl sites for hydroxylation is 2. The van der Waals surface area contributed by atoms with Crippen molar-refractivity contribution >= 4 is 34.6 Å². The van der Waals surface area contributed by atoms with E-state index in [9.17, 15) is 19.7 Å². The molecular formula is C26H28N4O4. The summed E-state index contributed by atoms with van der Waals surface area (Å²) in [7, 11) is 0. The molecule has 0 aromatic heterocycles. The summed E-state index contributed by atoms with van der Waals surface area (Å²) < 4.78 is 0. The van der Waals surface area contributed by atoms with Gasteiger partial charge in [0.25, 0.3) is 5.69 Å². The molecule has 0 radical (unpaired) electrons. The minimum absolute atomic E-state index is 0.0775. The summed E-state index contributed by atoms with van der Waals surface area (Å²) in [6, 6.07) is 11.1. The van der Waals surface area contributed by atoms with Crippen LogP contribution < -0.4 is 14.7 Å². The van der Waals surface area contributed by atoms with Gasteiger partial charge in [0.05, 0.1) is 22.4 Å². The van der Waals surface area contributed by atoms with Crippen LogP contribution in [0.15, 0.2) is 48.6 Å². The first-order valence-corrected chi connectivity index (χ1v) is 11.7. The lowest BCUT2D eigenvalue weighted by Crippen LogP contribution is -2.47. The van der Waals surface area contributed by atoms with E-state index in [0.29, 0.717) is 31.6 Å². The van der Waals surface area contributed by atoms with Gasteiger partial charge in [0.15, 0.2) is 0 Å². The van der Waals surface area contributed by atoms with Gasteiger partial charge in [-0.2, -0.15) is 0 Å². The second-order valence-corrected chi connectivity index (χ2v) is 9.36. The van der Waals surface area contributed by atoms with Gasteiger partial charge in [-0.3, -0.25) is 19.7 Å². The molecular weight excluding hydrogens is 432 g/mol. The molecule has 2 aliphatic heterocycles. The molecule has 176 valence electrons. The molecule has 0 saturated carbocycles. The molecule has 0 spiro atoms. The highest BCUT2D eigenvalue weighted by Crippen LogP contribution is 2.40. The summed E-state index contributed by atoms with van der Waals surface area (Å²) in [4.78, 5) is 42.9. The van der Waals surface area contributed by atoms with Crippen LogP contribution in [0.4, 0.5) is 22.7 Å². The Hall–Kier alpha value is -3.68. The van der Waals surface area contributed by atoms with Crippen LogP contribution in [0.3, 0.4) is 0 Å². The minimum Gasteiger partial charge on any atom is -0.368 e. The fraction of sp³-hybridized carbons (Fsp3) is 0.385. The van der Waals surface area contributed by atoms with Gasteiger partial charge >= 0.3 is 0 Å². The second kappa shape index (κ2) is 8.59. The second-order valence-electron chi connectivity index (χ2n) is 9.36. The predicted octanol–water partition coefficient (Wildman–Crippen LogP) is 3.99. The maximum absolute atomic E-state index is 12.9. The largest absolute Gasteiger partial charge is 0.368 e. The predicted molar refractivity (Wildman–Crippen MR) is 131 cm³/mol. The molecule has 3 aliphatic rings. The van der Waals surface area contributed by atoms with Crippen molar-refractivity contribution in [2.24, 2.45) is 11.8 Å². The average molecular weight is 461 g/mol. The third-order valence-corrected chi connectivity index (χ3v) is 7.25. The maximum atomic E-state index is 12.9. The van der Waals surface area contributed by atoms with Crippen molar-refractivity contribution in [1.82, 2.24) is 0 Å². The molecule has 5 rings (SSSR count). The smallest absolute Gasteiger partial charge is 0.294 e. The summed E-state index contributed by atoms with van der Waals surface area (Å²) in [5, 5.41) is 12.0. The van der Waals surface area contributed by atoms with Crippen LogP contribution in [0.1, 0.15) is 24.0 Å². The fourth-order valence-corrected chi connectivity index (χ4v) is 5.37. The Morgan fingerprint density at radius 2 is 1.41 bits per heavy atom. The number of rotatable bonds is 4. The molecule has 2 aromatic carbocycles. The molecule has 2 amide bonds. The van der Waals surface area contributed by atoms with Crippen molar-refractivity contribution < 1.29 is 14.5 Å². The Kier molecular flexibility index (Phi) is 5.59. The number of benzene rings is 2. The van der Waals surface area contributed by atoms with Gasteiger partial charge in [-0.1, -0.05) is 24.3 Å². The van der Waals surface area contributed by atoms with Gasteiger partial charge in [0.2, 0.25) is 11.8 Å². The monoisotopic (exact) mass is 460 g/mol. The third-order valence-electron chi connectivity index (χ3n) is 7.25. The first-order valence-electron chi connectivity index (χ1n) is 11.7. The Balaban J connectivity index is 1.38. The molecule has 0 unspecified atom stereocenters. The summed E-state index contributed by atoms with van der Waals surface area (Å²) in [5.41, 5.74) is 4.35.